The van der Waals surface area contributed by atoms with E-state index >= 15 is 4.39 Å². The molecule has 2 amide bonds. The molecule has 2 aromatic rings. The topological polar surface area (TPSA) is 76.7 Å². The van der Waals surface area contributed by atoms with Crippen LogP contribution in [-0.4, -0.2) is 30.3 Å². The summed E-state index contributed by atoms with van der Waals surface area (Å²) in [5.41, 5.74) is 0.276. The quantitative estimate of drug-likeness (QED) is 0.211. The summed E-state index contributed by atoms with van der Waals surface area (Å²) in [4.78, 5) is 26.0. The van der Waals surface area contributed by atoms with Crippen LogP contribution in [0.1, 0.15) is 89.3 Å². The second-order valence-corrected chi connectivity index (χ2v) is 13.2. The smallest absolute Gasteiger partial charge is 0.407 e. The van der Waals surface area contributed by atoms with Gasteiger partial charge in [-0.05, 0) is 82.4 Å². The van der Waals surface area contributed by atoms with E-state index in [1.54, 1.807) is 0 Å². The van der Waals surface area contributed by atoms with Crippen LogP contribution in [0.3, 0.4) is 0 Å². The van der Waals surface area contributed by atoms with Gasteiger partial charge in [0.25, 0.3) is 0 Å². The lowest BCUT2D eigenvalue weighted by molar-refractivity contribution is -0.127. The molecule has 2 aromatic carbocycles. The number of benzene rings is 2. The molecular formula is C32H41Cl2FN2O4. The van der Waals surface area contributed by atoms with Gasteiger partial charge < -0.3 is 20.1 Å². The van der Waals surface area contributed by atoms with Crippen molar-refractivity contribution in [2.45, 2.75) is 96.4 Å². The molecule has 2 aliphatic carbocycles. The first-order chi connectivity index (χ1) is 19.5. The zero-order chi connectivity index (χ0) is 29.6. The van der Waals surface area contributed by atoms with E-state index in [0.29, 0.717) is 38.9 Å². The van der Waals surface area contributed by atoms with Crippen LogP contribution in [0.4, 0.5) is 9.18 Å². The first kappa shape index (κ1) is 31.6. The highest BCUT2D eigenvalue weighted by Gasteiger charge is 2.46. The van der Waals surface area contributed by atoms with Crippen LogP contribution in [0.2, 0.25) is 10.0 Å². The Hall–Kier alpha value is -2.35. The van der Waals surface area contributed by atoms with Crippen molar-refractivity contribution in [3.8, 4) is 0 Å². The minimum atomic E-state index is -0.665. The van der Waals surface area contributed by atoms with Gasteiger partial charge in [-0.1, -0.05) is 66.4 Å². The van der Waals surface area contributed by atoms with Gasteiger partial charge in [0.05, 0.1) is 22.7 Å². The van der Waals surface area contributed by atoms with E-state index in [0.717, 1.165) is 31.2 Å². The fourth-order valence-corrected chi connectivity index (χ4v) is 6.65. The summed E-state index contributed by atoms with van der Waals surface area (Å²) >= 11 is 13.0. The van der Waals surface area contributed by atoms with Gasteiger partial charge >= 0.3 is 6.09 Å². The third-order valence-corrected chi connectivity index (χ3v) is 9.07. The van der Waals surface area contributed by atoms with Gasteiger partial charge in [-0.2, -0.15) is 0 Å². The van der Waals surface area contributed by atoms with Crippen molar-refractivity contribution in [2.24, 2.45) is 11.3 Å². The Morgan fingerprint density at radius 1 is 1.07 bits per heavy atom. The van der Waals surface area contributed by atoms with Gasteiger partial charge in [-0.15, -0.1) is 0 Å². The number of carbonyl (C=O) groups excluding carboxylic acids is 2. The summed E-state index contributed by atoms with van der Waals surface area (Å²) in [5, 5.41) is 6.48. The van der Waals surface area contributed by atoms with E-state index in [1.807, 2.05) is 51.1 Å². The number of ether oxygens (including phenoxy) is 2. The monoisotopic (exact) mass is 606 g/mol. The number of halogens is 3. The standard InChI is InChI=1S/C32H41Cl2FN2O4/c1-31(2,3)41-30(39)36-23-12-11-22(19-23)29(38)37-28(26-25(35)14-13-24(33)27(26)34)32(15-7-8-16-32)17-18-40-20-21-9-5-4-6-10-21/h4-6,9-10,13-14,22-23,28H,7-8,11-12,15-20H2,1-3H3,(H,36,39)(H,37,38)/t22-,23-,28-/m1/s1. The van der Waals surface area contributed by atoms with Gasteiger partial charge in [-0.3, -0.25) is 4.79 Å². The van der Waals surface area contributed by atoms with Gasteiger partial charge in [-0.25, -0.2) is 9.18 Å². The summed E-state index contributed by atoms with van der Waals surface area (Å²) in [7, 11) is 0. The summed E-state index contributed by atoms with van der Waals surface area (Å²) in [6.45, 7) is 6.37. The second kappa shape index (κ2) is 13.7. The maximum atomic E-state index is 15.5. The molecule has 0 saturated heterocycles. The molecule has 0 spiro atoms. The normalized spacial score (nSPS) is 20.9. The maximum absolute atomic E-state index is 15.5. The Morgan fingerprint density at radius 3 is 2.46 bits per heavy atom. The Bertz CT molecular complexity index is 1200. The van der Waals surface area contributed by atoms with Crippen molar-refractivity contribution in [2.75, 3.05) is 6.61 Å². The minimum Gasteiger partial charge on any atom is -0.444 e. The molecule has 2 N–H and O–H groups in total. The molecule has 2 fully saturated rings. The highest BCUT2D eigenvalue weighted by molar-refractivity contribution is 6.42. The predicted octanol–water partition coefficient (Wildman–Crippen LogP) is 8.15. The fourth-order valence-electron chi connectivity index (χ4n) is 6.23. The van der Waals surface area contributed by atoms with Crippen molar-refractivity contribution in [1.82, 2.24) is 10.6 Å². The van der Waals surface area contributed by atoms with E-state index in [1.165, 1.54) is 12.1 Å². The Morgan fingerprint density at radius 2 is 1.78 bits per heavy atom. The fraction of sp³-hybridized carbons (Fsp3) is 0.562. The Kier molecular flexibility index (Phi) is 10.6. The van der Waals surface area contributed by atoms with Gasteiger partial charge in [0.15, 0.2) is 0 Å². The second-order valence-electron chi connectivity index (χ2n) is 12.4. The molecule has 6 nitrogen and oxygen atoms in total. The molecule has 0 aliphatic heterocycles. The van der Waals surface area contributed by atoms with Crippen molar-refractivity contribution in [3.05, 3.63) is 69.5 Å². The lowest BCUT2D eigenvalue weighted by Crippen LogP contribution is -2.43. The molecule has 0 radical (unpaired) electrons. The SMILES string of the molecule is CC(C)(C)OC(=O)N[C@@H]1CC[C@@H](C(=O)N[C@H](c2c(F)ccc(Cl)c2Cl)C2(CCOCc3ccccc3)CCCC2)C1. The molecule has 0 bridgehead atoms. The third-order valence-electron chi connectivity index (χ3n) is 8.25. The average molecular weight is 608 g/mol. The Labute approximate surface area is 252 Å². The molecule has 9 heteroatoms. The average Bonchev–Trinajstić information content (AvgIpc) is 3.58. The van der Waals surface area contributed by atoms with Crippen molar-refractivity contribution in [1.29, 1.82) is 0 Å². The van der Waals surface area contributed by atoms with Crippen LogP contribution in [0.15, 0.2) is 42.5 Å². The molecule has 2 aliphatic rings. The summed E-state index contributed by atoms with van der Waals surface area (Å²) in [6, 6.07) is 11.9. The van der Waals surface area contributed by atoms with Crippen LogP contribution in [0, 0.1) is 17.2 Å². The molecule has 3 atom stereocenters. The largest absolute Gasteiger partial charge is 0.444 e. The van der Waals surface area contributed by atoms with E-state index < -0.39 is 29.0 Å². The summed E-state index contributed by atoms with van der Waals surface area (Å²) < 4.78 is 26.9. The zero-order valence-corrected chi connectivity index (χ0v) is 25.6. The molecule has 0 aromatic heterocycles. The summed E-state index contributed by atoms with van der Waals surface area (Å²) in [5.74, 6) is -0.987. The Balaban J connectivity index is 1.51. The van der Waals surface area contributed by atoms with Gasteiger partial charge in [0.2, 0.25) is 5.91 Å². The number of hydrogen-bond donors (Lipinski definition) is 2. The first-order valence-electron chi connectivity index (χ1n) is 14.5. The van der Waals surface area contributed by atoms with E-state index in [9.17, 15) is 9.59 Å². The van der Waals surface area contributed by atoms with Gasteiger partial charge in [0.1, 0.15) is 11.4 Å². The maximum Gasteiger partial charge on any atom is 0.407 e. The van der Waals surface area contributed by atoms with Crippen LogP contribution in [0.5, 0.6) is 0 Å². The number of rotatable bonds is 10. The van der Waals surface area contributed by atoms with Crippen molar-refractivity contribution in [3.63, 3.8) is 0 Å². The number of nitrogens with one attached hydrogen (secondary N) is 2. The van der Waals surface area contributed by atoms with Gasteiger partial charge in [0, 0.05) is 24.1 Å². The first-order valence-corrected chi connectivity index (χ1v) is 15.3. The van der Waals surface area contributed by atoms with Crippen LogP contribution >= 0.6 is 23.2 Å². The van der Waals surface area contributed by atoms with Crippen LogP contribution < -0.4 is 10.6 Å². The zero-order valence-electron chi connectivity index (χ0n) is 24.1. The molecule has 0 unspecified atom stereocenters. The third kappa shape index (κ3) is 8.36. The molecular weight excluding hydrogens is 566 g/mol. The van der Waals surface area contributed by atoms with E-state index in [-0.39, 0.29) is 33.5 Å². The molecule has 4 rings (SSSR count). The van der Waals surface area contributed by atoms with Crippen molar-refractivity contribution < 1.29 is 23.5 Å². The summed E-state index contributed by atoms with van der Waals surface area (Å²) in [6.07, 6.45) is 5.45. The number of carbonyl (C=O) groups is 2. The molecule has 0 heterocycles. The van der Waals surface area contributed by atoms with Crippen LogP contribution in [0.25, 0.3) is 0 Å². The van der Waals surface area contributed by atoms with E-state index in [2.05, 4.69) is 10.6 Å². The lowest BCUT2D eigenvalue weighted by Gasteiger charge is -2.39. The number of alkyl carbamates (subject to hydrolysis) is 1. The molecule has 2 saturated carbocycles. The van der Waals surface area contributed by atoms with Crippen molar-refractivity contribution >= 4 is 35.2 Å². The van der Waals surface area contributed by atoms with Crippen LogP contribution in [-0.2, 0) is 20.9 Å². The number of amides is 2. The highest BCUT2D eigenvalue weighted by atomic mass is 35.5. The molecule has 41 heavy (non-hydrogen) atoms. The predicted molar refractivity (Wildman–Crippen MR) is 159 cm³/mol. The highest BCUT2D eigenvalue weighted by Crippen LogP contribution is 2.52. The molecule has 224 valence electrons. The minimum absolute atomic E-state index is 0.129. The lowest BCUT2D eigenvalue weighted by atomic mass is 9.72. The number of hydrogen-bond acceptors (Lipinski definition) is 4. The van der Waals surface area contributed by atoms with E-state index in [4.69, 9.17) is 32.7 Å².